The molecule has 5 rings (SSSR count). The van der Waals surface area contributed by atoms with E-state index < -0.39 is 0 Å². The van der Waals surface area contributed by atoms with Crippen LogP contribution in [0, 0.1) is 17.3 Å². The Morgan fingerprint density at radius 2 is 2.05 bits per heavy atom. The summed E-state index contributed by atoms with van der Waals surface area (Å²) in [4.78, 5) is 12.3. The van der Waals surface area contributed by atoms with Crippen LogP contribution in [0.1, 0.15) is 48.8 Å². The van der Waals surface area contributed by atoms with Crippen LogP contribution in [-0.2, 0) is 16.6 Å². The summed E-state index contributed by atoms with van der Waals surface area (Å²) in [6.07, 6.45) is 11.2. The van der Waals surface area contributed by atoms with Gasteiger partial charge in [0.05, 0.1) is 5.41 Å². The Kier molecular flexibility index (Phi) is 2.06. The largest absolute Gasteiger partial charge is 0.273 e. The first-order valence-corrected chi connectivity index (χ1v) is 8.25. The number of carbonyl (C=O) groups excluding carboxylic acids is 1. The summed E-state index contributed by atoms with van der Waals surface area (Å²) in [5.41, 5.74) is 11.8. The highest BCUT2D eigenvalue weighted by Crippen LogP contribution is 2.77. The monoisotopic (exact) mass is 278 g/mol. The van der Waals surface area contributed by atoms with E-state index in [1.54, 1.807) is 0 Å². The lowest BCUT2D eigenvalue weighted by Gasteiger charge is -2.60. The molecule has 2 nitrogen and oxygen atoms in total. The Morgan fingerprint density at radius 3 is 2.81 bits per heavy atom. The van der Waals surface area contributed by atoms with Crippen LogP contribution in [0.15, 0.2) is 24.3 Å². The topological polar surface area (TPSA) is 40.9 Å². The van der Waals surface area contributed by atoms with E-state index in [4.69, 9.17) is 5.73 Å². The summed E-state index contributed by atoms with van der Waals surface area (Å²) < 4.78 is 0. The van der Waals surface area contributed by atoms with Gasteiger partial charge in [0, 0.05) is 5.41 Å². The normalized spacial score (nSPS) is 41.7. The van der Waals surface area contributed by atoms with Gasteiger partial charge in [-0.3, -0.25) is 10.5 Å². The average molecular weight is 278 g/mol. The van der Waals surface area contributed by atoms with Crippen LogP contribution in [0.4, 0.5) is 0 Å². The molecule has 4 aliphatic carbocycles. The lowest BCUT2D eigenvalue weighted by molar-refractivity contribution is -0.150. The molecule has 4 aliphatic rings. The number of allylic oxidation sites excluding steroid dienone is 1. The van der Waals surface area contributed by atoms with E-state index in [0.717, 1.165) is 19.3 Å². The minimum absolute atomic E-state index is 0.00519. The molecule has 1 aromatic rings. The maximum Gasteiger partial charge on any atom is 0.245 e. The molecule has 107 valence electrons. The maximum atomic E-state index is 12.3. The molecule has 0 heterocycles. The van der Waals surface area contributed by atoms with Crippen LogP contribution in [0.5, 0.6) is 0 Å². The molecule has 2 heteroatoms. The van der Waals surface area contributed by atoms with Gasteiger partial charge in [0.25, 0.3) is 0 Å². The summed E-state index contributed by atoms with van der Waals surface area (Å²) in [6.45, 7) is 0. The van der Waals surface area contributed by atoms with E-state index in [9.17, 15) is 4.79 Å². The molecule has 1 N–H and O–H groups in total. The van der Waals surface area contributed by atoms with Crippen molar-refractivity contribution in [2.75, 3.05) is 0 Å². The van der Waals surface area contributed by atoms with Crippen molar-refractivity contribution in [2.24, 2.45) is 17.3 Å². The summed E-state index contributed by atoms with van der Waals surface area (Å²) >= 11 is 0. The van der Waals surface area contributed by atoms with Gasteiger partial charge < -0.3 is 0 Å². The van der Waals surface area contributed by atoms with Crippen molar-refractivity contribution in [3.05, 3.63) is 41.0 Å². The van der Waals surface area contributed by atoms with Crippen molar-refractivity contribution in [2.45, 2.75) is 43.9 Å². The minimum Gasteiger partial charge on any atom is -0.273 e. The first kappa shape index (κ1) is 12.0. The summed E-state index contributed by atoms with van der Waals surface area (Å²) in [7, 11) is 0. The Bertz CT molecular complexity index is 691. The molecule has 4 atom stereocenters. The second kappa shape index (κ2) is 3.60. The summed E-state index contributed by atoms with van der Waals surface area (Å²) in [6, 6.07) is 6.64. The Labute approximate surface area is 125 Å². The molecular formula is C19H20NO. The van der Waals surface area contributed by atoms with Crippen LogP contribution >= 0.6 is 0 Å². The first-order chi connectivity index (χ1) is 10.2. The molecule has 0 aliphatic heterocycles. The second-order valence-corrected chi connectivity index (χ2v) is 7.46. The van der Waals surface area contributed by atoms with Crippen molar-refractivity contribution in [3.8, 4) is 0 Å². The molecule has 0 aromatic heterocycles. The number of hydrogen-bond donors (Lipinski definition) is 0. The van der Waals surface area contributed by atoms with Gasteiger partial charge in [0.2, 0.25) is 5.91 Å². The Hall–Kier alpha value is -1.57. The van der Waals surface area contributed by atoms with E-state index in [2.05, 4.69) is 30.4 Å². The first-order valence-electron chi connectivity index (χ1n) is 8.25. The molecule has 0 saturated heterocycles. The third kappa shape index (κ3) is 1.09. The van der Waals surface area contributed by atoms with Crippen molar-refractivity contribution in [1.29, 1.82) is 0 Å². The van der Waals surface area contributed by atoms with E-state index in [1.807, 2.05) is 0 Å². The fourth-order valence-electron chi connectivity index (χ4n) is 6.45. The van der Waals surface area contributed by atoms with Crippen LogP contribution in [0.3, 0.4) is 0 Å². The van der Waals surface area contributed by atoms with Gasteiger partial charge in [-0.15, -0.1) is 0 Å². The van der Waals surface area contributed by atoms with Crippen molar-refractivity contribution in [1.82, 2.24) is 5.73 Å². The van der Waals surface area contributed by atoms with Gasteiger partial charge in [0.1, 0.15) is 0 Å². The number of carbonyl (C=O) groups is 1. The van der Waals surface area contributed by atoms with E-state index in [1.165, 1.54) is 36.0 Å². The molecule has 3 saturated carbocycles. The zero-order valence-corrected chi connectivity index (χ0v) is 12.2. The van der Waals surface area contributed by atoms with Crippen molar-refractivity contribution < 1.29 is 4.79 Å². The third-order valence-electron chi connectivity index (χ3n) is 7.24. The predicted molar refractivity (Wildman–Crippen MR) is 81.5 cm³/mol. The molecule has 1 aromatic carbocycles. The summed E-state index contributed by atoms with van der Waals surface area (Å²) in [5.74, 6) is 0.828. The lowest BCUT2D eigenvalue weighted by atomic mass is 9.41. The minimum atomic E-state index is -0.346. The lowest BCUT2D eigenvalue weighted by Crippen LogP contribution is -2.62. The number of fused-ring (bicyclic) bond motifs is 6. The Morgan fingerprint density at radius 1 is 1.19 bits per heavy atom. The maximum absolute atomic E-state index is 12.3. The van der Waals surface area contributed by atoms with E-state index in [0.29, 0.717) is 11.8 Å². The number of hydrogen-bond acceptors (Lipinski definition) is 1. The van der Waals surface area contributed by atoms with E-state index >= 15 is 0 Å². The van der Waals surface area contributed by atoms with Gasteiger partial charge >= 0.3 is 0 Å². The number of nitrogens with one attached hydrogen (secondary N) is 1. The van der Waals surface area contributed by atoms with Crippen molar-refractivity contribution >= 4 is 12.0 Å². The molecule has 3 fully saturated rings. The zero-order chi connectivity index (χ0) is 14.2. The van der Waals surface area contributed by atoms with Crippen LogP contribution < -0.4 is 5.73 Å². The SMILES string of the molecule is [NH]C(=O)C12CCC1(c1cccc3c1C=CC3)C1CCC2C1. The number of rotatable bonds is 2. The molecule has 4 unspecified atom stereocenters. The van der Waals surface area contributed by atoms with Gasteiger partial charge in [-0.05, 0) is 67.1 Å². The quantitative estimate of drug-likeness (QED) is 0.816. The van der Waals surface area contributed by atoms with Gasteiger partial charge in [-0.25, -0.2) is 0 Å². The number of amides is 1. The van der Waals surface area contributed by atoms with Crippen molar-refractivity contribution in [3.63, 3.8) is 0 Å². The fraction of sp³-hybridized carbons (Fsp3) is 0.526. The van der Waals surface area contributed by atoms with Crippen LogP contribution in [-0.4, -0.2) is 5.91 Å². The highest BCUT2D eigenvalue weighted by atomic mass is 16.1. The van der Waals surface area contributed by atoms with E-state index in [-0.39, 0.29) is 16.7 Å². The van der Waals surface area contributed by atoms with Gasteiger partial charge in [-0.1, -0.05) is 30.4 Å². The molecule has 21 heavy (non-hydrogen) atoms. The molecule has 0 spiro atoms. The third-order valence-corrected chi connectivity index (χ3v) is 7.24. The highest BCUT2D eigenvalue weighted by molar-refractivity contribution is 5.86. The Balaban J connectivity index is 1.77. The second-order valence-electron chi connectivity index (χ2n) is 7.46. The summed E-state index contributed by atoms with van der Waals surface area (Å²) in [5, 5.41) is 0. The number of benzene rings is 1. The van der Waals surface area contributed by atoms with Crippen LogP contribution in [0.2, 0.25) is 0 Å². The smallest absolute Gasteiger partial charge is 0.245 e. The molecule has 2 bridgehead atoms. The van der Waals surface area contributed by atoms with Gasteiger partial charge in [0.15, 0.2) is 0 Å². The highest BCUT2D eigenvalue weighted by Gasteiger charge is 2.75. The predicted octanol–water partition coefficient (Wildman–Crippen LogP) is 3.51. The average Bonchev–Trinajstić information content (AvgIpc) is 3.10. The molecule has 1 amide bonds. The van der Waals surface area contributed by atoms with Gasteiger partial charge in [-0.2, -0.15) is 0 Å². The van der Waals surface area contributed by atoms with Crippen LogP contribution in [0.25, 0.3) is 6.08 Å². The molecule has 1 radical (unpaired) electrons. The zero-order valence-electron chi connectivity index (χ0n) is 12.2. The molecular weight excluding hydrogens is 258 g/mol. The standard InChI is InChI=1S/C19H20NO/c20-17(21)19-10-9-18(19,13-7-8-14(19)11-13)16-6-2-4-12-3-1-5-15(12)16/h1-2,4-6,13-14,20H,3,7-11H2. The fourth-order valence-corrected chi connectivity index (χ4v) is 6.45.